The fourth-order valence-electron chi connectivity index (χ4n) is 1.52. The van der Waals surface area contributed by atoms with E-state index in [-0.39, 0.29) is 0 Å². The molecule has 5 heteroatoms. The van der Waals surface area contributed by atoms with Gasteiger partial charge in [-0.05, 0) is 35.0 Å². The van der Waals surface area contributed by atoms with Crippen LogP contribution in [0.3, 0.4) is 0 Å². The molecule has 0 amide bonds. The highest BCUT2D eigenvalue weighted by atomic mass is 79.9. The van der Waals surface area contributed by atoms with Crippen LogP contribution in [0.4, 0.5) is 0 Å². The molecule has 0 radical (unpaired) electrons. The number of hydrogen-bond donors (Lipinski definition) is 1. The third-order valence-corrected chi connectivity index (χ3v) is 5.63. The molecule has 90 valence electrons. The summed E-state index contributed by atoms with van der Waals surface area (Å²) in [6, 6.07) is 7.70. The maximum Gasteiger partial charge on any atom is 0.114 e. The second-order valence-corrected chi connectivity index (χ2v) is 7.36. The van der Waals surface area contributed by atoms with Crippen molar-refractivity contribution in [2.24, 2.45) is 0 Å². The summed E-state index contributed by atoms with van der Waals surface area (Å²) >= 11 is 14.2. The number of rotatable bonds is 2. The highest BCUT2D eigenvalue weighted by Gasteiger charge is 2.17. The van der Waals surface area contributed by atoms with Crippen LogP contribution in [-0.4, -0.2) is 5.11 Å². The molecule has 0 bridgehead atoms. The van der Waals surface area contributed by atoms with Crippen LogP contribution in [0.1, 0.15) is 22.1 Å². The maximum absolute atomic E-state index is 10.3. The second kappa shape index (κ2) is 5.41. The molecule has 0 saturated carbocycles. The first kappa shape index (κ1) is 13.6. The highest BCUT2D eigenvalue weighted by Crippen LogP contribution is 2.39. The van der Waals surface area contributed by atoms with E-state index in [2.05, 4.69) is 31.9 Å². The molecule has 1 atom stereocenters. The summed E-state index contributed by atoms with van der Waals surface area (Å²) in [5.41, 5.74) is 1.97. The van der Waals surface area contributed by atoms with Gasteiger partial charge in [0.25, 0.3) is 0 Å². The van der Waals surface area contributed by atoms with Gasteiger partial charge >= 0.3 is 0 Å². The largest absolute Gasteiger partial charge is 0.383 e. The second-order valence-electron chi connectivity index (χ2n) is 3.70. The van der Waals surface area contributed by atoms with Gasteiger partial charge in [0.15, 0.2) is 0 Å². The van der Waals surface area contributed by atoms with Crippen molar-refractivity contribution in [3.63, 3.8) is 0 Å². The van der Waals surface area contributed by atoms with Crippen molar-refractivity contribution in [2.75, 3.05) is 0 Å². The Bertz CT molecular complexity index is 534. The van der Waals surface area contributed by atoms with Crippen LogP contribution in [-0.2, 0) is 0 Å². The van der Waals surface area contributed by atoms with Crippen molar-refractivity contribution in [3.8, 4) is 0 Å². The Morgan fingerprint density at radius 1 is 1.29 bits per heavy atom. The van der Waals surface area contributed by atoms with E-state index in [0.717, 1.165) is 24.3 Å². The smallest absolute Gasteiger partial charge is 0.114 e. The van der Waals surface area contributed by atoms with E-state index in [1.165, 1.54) is 11.3 Å². The zero-order valence-corrected chi connectivity index (χ0v) is 13.6. The van der Waals surface area contributed by atoms with Crippen LogP contribution < -0.4 is 0 Å². The van der Waals surface area contributed by atoms with Crippen molar-refractivity contribution in [1.29, 1.82) is 0 Å². The molecule has 2 rings (SSSR count). The monoisotopic (exact) mass is 394 g/mol. The summed E-state index contributed by atoms with van der Waals surface area (Å²) in [5, 5.41) is 11.0. The van der Waals surface area contributed by atoms with Gasteiger partial charge in [0.1, 0.15) is 6.10 Å². The molecule has 1 unspecified atom stereocenters. The lowest BCUT2D eigenvalue weighted by Crippen LogP contribution is -1.98. The molecule has 1 nitrogen and oxygen atoms in total. The minimum absolute atomic E-state index is 0.632. The van der Waals surface area contributed by atoms with Crippen molar-refractivity contribution in [3.05, 3.63) is 53.6 Å². The van der Waals surface area contributed by atoms with Crippen LogP contribution in [0.25, 0.3) is 0 Å². The van der Waals surface area contributed by atoms with Gasteiger partial charge in [-0.3, -0.25) is 0 Å². The Morgan fingerprint density at radius 3 is 2.59 bits per heavy atom. The molecule has 17 heavy (non-hydrogen) atoms. The number of thiophene rings is 1. The number of halogens is 3. The fraction of sp³-hybridized carbons (Fsp3) is 0.167. The first-order valence-electron chi connectivity index (χ1n) is 4.88. The molecule has 0 aliphatic carbocycles. The van der Waals surface area contributed by atoms with Gasteiger partial charge in [0.2, 0.25) is 0 Å². The Labute approximate surface area is 126 Å². The summed E-state index contributed by atoms with van der Waals surface area (Å²) in [6.45, 7) is 2.00. The Hall–Kier alpha value is 0.130. The maximum atomic E-state index is 10.3. The Kier molecular flexibility index (Phi) is 4.31. The third kappa shape index (κ3) is 2.93. The summed E-state index contributed by atoms with van der Waals surface area (Å²) in [6.07, 6.45) is -0.655. The zero-order chi connectivity index (χ0) is 12.6. The van der Waals surface area contributed by atoms with Crippen molar-refractivity contribution in [2.45, 2.75) is 13.0 Å². The fourth-order valence-corrected chi connectivity index (χ4v) is 3.74. The van der Waals surface area contributed by atoms with Crippen LogP contribution >= 0.6 is 54.8 Å². The van der Waals surface area contributed by atoms with E-state index in [1.807, 2.05) is 25.1 Å². The molecule has 1 heterocycles. The SMILES string of the molecule is Cc1ccc(Br)c(C(O)c2cc(Cl)c(Br)s2)c1. The number of aryl methyl sites for hydroxylation is 1. The zero-order valence-electron chi connectivity index (χ0n) is 8.88. The lowest BCUT2D eigenvalue weighted by Gasteiger charge is -2.11. The first-order chi connectivity index (χ1) is 7.99. The molecule has 1 aromatic heterocycles. The number of benzene rings is 1. The van der Waals surface area contributed by atoms with Crippen LogP contribution in [0, 0.1) is 6.92 Å². The van der Waals surface area contributed by atoms with Gasteiger partial charge in [-0.25, -0.2) is 0 Å². The molecule has 1 aromatic carbocycles. The number of aliphatic hydroxyl groups excluding tert-OH is 1. The molecule has 0 aliphatic rings. The molecule has 0 fully saturated rings. The average Bonchev–Trinajstić information content (AvgIpc) is 2.62. The topological polar surface area (TPSA) is 20.2 Å². The minimum atomic E-state index is -0.655. The van der Waals surface area contributed by atoms with Gasteiger partial charge in [0, 0.05) is 14.9 Å². The van der Waals surface area contributed by atoms with Crippen LogP contribution in [0.5, 0.6) is 0 Å². The highest BCUT2D eigenvalue weighted by molar-refractivity contribution is 9.11. The summed E-state index contributed by atoms with van der Waals surface area (Å²) in [5.74, 6) is 0. The van der Waals surface area contributed by atoms with E-state index < -0.39 is 6.10 Å². The molecule has 1 N–H and O–H groups in total. The van der Waals surface area contributed by atoms with Crippen molar-refractivity contribution < 1.29 is 5.11 Å². The summed E-state index contributed by atoms with van der Waals surface area (Å²) in [7, 11) is 0. The summed E-state index contributed by atoms with van der Waals surface area (Å²) in [4.78, 5) is 0.827. The van der Waals surface area contributed by atoms with Gasteiger partial charge in [0.05, 0.1) is 8.81 Å². The van der Waals surface area contributed by atoms with E-state index in [0.29, 0.717) is 5.02 Å². The standard InChI is InChI=1S/C12H9Br2ClOS/c1-6-2-3-8(13)7(4-6)11(16)10-5-9(15)12(14)17-10/h2-5,11,16H,1H3. The minimum Gasteiger partial charge on any atom is -0.383 e. The summed E-state index contributed by atoms with van der Waals surface area (Å²) < 4.78 is 1.74. The van der Waals surface area contributed by atoms with Gasteiger partial charge < -0.3 is 5.11 Å². The lowest BCUT2D eigenvalue weighted by molar-refractivity contribution is 0.223. The van der Waals surface area contributed by atoms with E-state index in [4.69, 9.17) is 11.6 Å². The van der Waals surface area contributed by atoms with E-state index >= 15 is 0 Å². The van der Waals surface area contributed by atoms with Crippen molar-refractivity contribution >= 4 is 54.8 Å². The number of hydrogen-bond acceptors (Lipinski definition) is 2. The van der Waals surface area contributed by atoms with E-state index in [9.17, 15) is 5.11 Å². The quantitative estimate of drug-likeness (QED) is 0.729. The normalized spacial score (nSPS) is 12.8. The van der Waals surface area contributed by atoms with Crippen LogP contribution in [0.2, 0.25) is 5.02 Å². The molecular formula is C12H9Br2ClOS. The predicted molar refractivity (Wildman–Crippen MR) is 80.0 cm³/mol. The lowest BCUT2D eigenvalue weighted by atomic mass is 10.1. The Balaban J connectivity index is 2.42. The van der Waals surface area contributed by atoms with Gasteiger partial charge in [-0.1, -0.05) is 45.2 Å². The third-order valence-electron chi connectivity index (χ3n) is 2.38. The molecular weight excluding hydrogens is 387 g/mol. The molecule has 2 aromatic rings. The van der Waals surface area contributed by atoms with Gasteiger partial charge in [-0.2, -0.15) is 0 Å². The van der Waals surface area contributed by atoms with Crippen LogP contribution in [0.15, 0.2) is 32.5 Å². The van der Waals surface area contributed by atoms with Crippen molar-refractivity contribution in [1.82, 2.24) is 0 Å². The molecule has 0 aliphatic heterocycles. The Morgan fingerprint density at radius 2 is 2.00 bits per heavy atom. The molecule has 0 saturated heterocycles. The van der Waals surface area contributed by atoms with E-state index in [1.54, 1.807) is 6.07 Å². The first-order valence-corrected chi connectivity index (χ1v) is 7.66. The average molecular weight is 397 g/mol. The van der Waals surface area contributed by atoms with Gasteiger partial charge in [-0.15, -0.1) is 11.3 Å². The number of aliphatic hydroxyl groups is 1. The predicted octanol–water partition coefficient (Wildman–Crippen LogP) is 5.32. The molecule has 0 spiro atoms.